The maximum atomic E-state index is 12.6. The Labute approximate surface area is 148 Å². The Bertz CT molecular complexity index is 753. The second-order valence-corrected chi connectivity index (χ2v) is 8.69. The summed E-state index contributed by atoms with van der Waals surface area (Å²) in [5.41, 5.74) is 0.990. The minimum absolute atomic E-state index is 0.0486. The van der Waals surface area contributed by atoms with E-state index in [1.165, 1.54) is 12.8 Å². The smallest absolute Gasteiger partial charge is 0.240 e. The highest BCUT2D eigenvalue weighted by atomic mass is 32.2. The summed E-state index contributed by atoms with van der Waals surface area (Å²) in [7, 11) is -3.65. The van der Waals surface area contributed by atoms with Gasteiger partial charge in [0.05, 0.1) is 10.9 Å². The van der Waals surface area contributed by atoms with Crippen molar-refractivity contribution in [3.05, 3.63) is 24.3 Å². The number of anilines is 1. The number of nitrogens with two attached hydrogens (primary N) is 1. The van der Waals surface area contributed by atoms with Gasteiger partial charge in [0, 0.05) is 44.5 Å². The fourth-order valence-electron chi connectivity index (χ4n) is 3.91. The molecule has 3 aliphatic rings. The lowest BCUT2D eigenvalue weighted by molar-refractivity contribution is -0.132. The first-order valence-corrected chi connectivity index (χ1v) is 10.4. The first kappa shape index (κ1) is 16.8. The first-order valence-electron chi connectivity index (χ1n) is 8.86. The lowest BCUT2D eigenvalue weighted by atomic mass is 10.1. The highest BCUT2D eigenvalue weighted by Gasteiger charge is 2.43. The van der Waals surface area contributed by atoms with Crippen LogP contribution in [0.5, 0.6) is 0 Å². The second kappa shape index (κ2) is 6.26. The number of likely N-dealkylation sites (tertiary alicyclic amines) is 1. The number of carbonyl (C=O) groups excluding carboxylic acids is 1. The molecule has 1 unspecified atom stereocenters. The Morgan fingerprint density at radius 1 is 0.920 bits per heavy atom. The number of carbonyl (C=O) groups is 1. The van der Waals surface area contributed by atoms with E-state index in [1.54, 1.807) is 24.3 Å². The molecule has 3 fully saturated rings. The van der Waals surface area contributed by atoms with Gasteiger partial charge in [-0.3, -0.25) is 9.69 Å². The molecule has 1 saturated carbocycles. The number of amides is 1. The highest BCUT2D eigenvalue weighted by Crippen LogP contribution is 2.32. The van der Waals surface area contributed by atoms with Crippen LogP contribution in [0.2, 0.25) is 0 Å². The number of hydrogen-bond acceptors (Lipinski definition) is 5. The summed E-state index contributed by atoms with van der Waals surface area (Å²) in [4.78, 5) is 19.3. The number of nitrogens with zero attached hydrogens (tertiary/aromatic N) is 3. The van der Waals surface area contributed by atoms with Crippen LogP contribution in [0, 0.1) is 0 Å². The standard InChI is InChI=1S/C17H24N4O3S/c18-25(23,24)15-5-3-13(4-6-15)19-9-11-20(12-10-19)16-7-8-21(17(16)22)14-1-2-14/h3-6,14,16H,1-2,7-12H2,(H2,18,23,24). The monoisotopic (exact) mass is 364 g/mol. The van der Waals surface area contributed by atoms with Gasteiger partial charge in [0.15, 0.2) is 0 Å². The molecule has 136 valence electrons. The minimum Gasteiger partial charge on any atom is -0.369 e. The van der Waals surface area contributed by atoms with Gasteiger partial charge in [-0.05, 0) is 43.5 Å². The van der Waals surface area contributed by atoms with Crippen molar-refractivity contribution in [3.63, 3.8) is 0 Å². The summed E-state index contributed by atoms with van der Waals surface area (Å²) in [6, 6.07) is 7.25. The number of sulfonamides is 1. The number of benzene rings is 1. The molecule has 1 aromatic carbocycles. The molecule has 0 radical (unpaired) electrons. The SMILES string of the molecule is NS(=O)(=O)c1ccc(N2CCN(C3CCN(C4CC4)C3=O)CC2)cc1. The highest BCUT2D eigenvalue weighted by molar-refractivity contribution is 7.89. The van der Waals surface area contributed by atoms with Crippen molar-refractivity contribution in [1.29, 1.82) is 0 Å². The molecule has 7 nitrogen and oxygen atoms in total. The molecule has 4 rings (SSSR count). The van der Waals surface area contributed by atoms with Crippen LogP contribution < -0.4 is 10.0 Å². The maximum Gasteiger partial charge on any atom is 0.240 e. The van der Waals surface area contributed by atoms with Gasteiger partial charge in [-0.15, -0.1) is 0 Å². The third-order valence-electron chi connectivity index (χ3n) is 5.48. The summed E-state index contributed by atoms with van der Waals surface area (Å²) in [5, 5.41) is 5.14. The van der Waals surface area contributed by atoms with E-state index in [9.17, 15) is 13.2 Å². The summed E-state index contributed by atoms with van der Waals surface area (Å²) in [6.45, 7) is 4.28. The average molecular weight is 364 g/mol. The summed E-state index contributed by atoms with van der Waals surface area (Å²) in [5.74, 6) is 0.313. The van der Waals surface area contributed by atoms with E-state index in [1.807, 2.05) is 0 Å². The largest absolute Gasteiger partial charge is 0.369 e. The second-order valence-electron chi connectivity index (χ2n) is 7.13. The molecule has 2 saturated heterocycles. The molecule has 25 heavy (non-hydrogen) atoms. The zero-order valence-electron chi connectivity index (χ0n) is 14.2. The minimum atomic E-state index is -3.65. The van der Waals surface area contributed by atoms with Crippen LogP contribution in [0.25, 0.3) is 0 Å². The van der Waals surface area contributed by atoms with E-state index in [4.69, 9.17) is 5.14 Å². The van der Waals surface area contributed by atoms with E-state index >= 15 is 0 Å². The van der Waals surface area contributed by atoms with Gasteiger partial charge in [0.2, 0.25) is 15.9 Å². The van der Waals surface area contributed by atoms with E-state index in [2.05, 4.69) is 14.7 Å². The van der Waals surface area contributed by atoms with Crippen molar-refractivity contribution in [2.24, 2.45) is 5.14 Å². The van der Waals surface area contributed by atoms with Crippen molar-refractivity contribution in [2.75, 3.05) is 37.6 Å². The topological polar surface area (TPSA) is 86.9 Å². The third-order valence-corrected chi connectivity index (χ3v) is 6.41. The van der Waals surface area contributed by atoms with Gasteiger partial charge in [0.1, 0.15) is 0 Å². The van der Waals surface area contributed by atoms with Gasteiger partial charge in [-0.2, -0.15) is 0 Å². The van der Waals surface area contributed by atoms with Crippen molar-refractivity contribution in [3.8, 4) is 0 Å². The van der Waals surface area contributed by atoms with Crippen LogP contribution in [0.3, 0.4) is 0 Å². The van der Waals surface area contributed by atoms with Crippen LogP contribution in [-0.2, 0) is 14.8 Å². The van der Waals surface area contributed by atoms with Crippen LogP contribution in [0.4, 0.5) is 5.69 Å². The predicted molar refractivity (Wildman–Crippen MR) is 94.7 cm³/mol. The fraction of sp³-hybridized carbons (Fsp3) is 0.588. The quantitative estimate of drug-likeness (QED) is 0.826. The summed E-state index contributed by atoms with van der Waals surface area (Å²) >= 11 is 0. The Kier molecular flexibility index (Phi) is 4.21. The number of hydrogen-bond donors (Lipinski definition) is 1. The van der Waals surface area contributed by atoms with Crippen molar-refractivity contribution in [1.82, 2.24) is 9.80 Å². The molecule has 1 atom stereocenters. The maximum absolute atomic E-state index is 12.6. The molecule has 8 heteroatoms. The van der Waals surface area contributed by atoms with Gasteiger partial charge >= 0.3 is 0 Å². The third kappa shape index (κ3) is 3.38. The van der Waals surface area contributed by atoms with E-state index in [0.29, 0.717) is 11.9 Å². The Morgan fingerprint density at radius 3 is 2.12 bits per heavy atom. The molecule has 0 bridgehead atoms. The van der Waals surface area contributed by atoms with Crippen LogP contribution in [0.1, 0.15) is 19.3 Å². The lowest BCUT2D eigenvalue weighted by Crippen LogP contribution is -2.52. The molecule has 1 amide bonds. The summed E-state index contributed by atoms with van der Waals surface area (Å²) < 4.78 is 22.7. The van der Waals surface area contributed by atoms with Crippen molar-refractivity contribution >= 4 is 21.6 Å². The molecule has 1 aromatic rings. The molecular formula is C17H24N4O3S. The number of piperazine rings is 1. The van der Waals surface area contributed by atoms with Crippen LogP contribution in [0.15, 0.2) is 29.2 Å². The molecule has 0 aromatic heterocycles. The first-order chi connectivity index (χ1) is 11.9. The van der Waals surface area contributed by atoms with Gasteiger partial charge in [-0.25, -0.2) is 13.6 Å². The van der Waals surface area contributed by atoms with Gasteiger partial charge in [-0.1, -0.05) is 0 Å². The zero-order valence-corrected chi connectivity index (χ0v) is 15.0. The van der Waals surface area contributed by atoms with Crippen LogP contribution in [-0.4, -0.2) is 68.9 Å². The predicted octanol–water partition coefficient (Wildman–Crippen LogP) is 0.219. The zero-order chi connectivity index (χ0) is 17.6. The van der Waals surface area contributed by atoms with Crippen molar-refractivity contribution in [2.45, 2.75) is 36.2 Å². The number of rotatable bonds is 4. The Morgan fingerprint density at radius 2 is 1.56 bits per heavy atom. The fourth-order valence-corrected chi connectivity index (χ4v) is 4.43. The van der Waals surface area contributed by atoms with E-state index in [-0.39, 0.29) is 10.9 Å². The Balaban J connectivity index is 1.36. The normalized spacial score (nSPS) is 25.6. The van der Waals surface area contributed by atoms with E-state index in [0.717, 1.165) is 44.8 Å². The molecule has 2 N–H and O–H groups in total. The van der Waals surface area contributed by atoms with Gasteiger partial charge < -0.3 is 9.80 Å². The molecule has 2 heterocycles. The lowest BCUT2D eigenvalue weighted by Gasteiger charge is -2.38. The van der Waals surface area contributed by atoms with E-state index < -0.39 is 10.0 Å². The summed E-state index contributed by atoms with van der Waals surface area (Å²) in [6.07, 6.45) is 3.28. The molecule has 1 aliphatic carbocycles. The average Bonchev–Trinajstić information content (AvgIpc) is 3.37. The molecular weight excluding hydrogens is 340 g/mol. The van der Waals surface area contributed by atoms with Gasteiger partial charge in [0.25, 0.3) is 0 Å². The Hall–Kier alpha value is -1.64. The molecule has 0 spiro atoms. The number of primary sulfonamides is 1. The molecule has 2 aliphatic heterocycles. The van der Waals surface area contributed by atoms with Crippen molar-refractivity contribution < 1.29 is 13.2 Å². The van der Waals surface area contributed by atoms with Crippen LogP contribution >= 0.6 is 0 Å².